The molecule has 66 valence electrons. The van der Waals surface area contributed by atoms with Crippen molar-refractivity contribution in [2.24, 2.45) is 5.92 Å². The van der Waals surface area contributed by atoms with E-state index in [2.05, 4.69) is 26.0 Å². The molecule has 0 radical (unpaired) electrons. The summed E-state index contributed by atoms with van der Waals surface area (Å²) >= 11 is 0. The summed E-state index contributed by atoms with van der Waals surface area (Å²) in [6.45, 7) is 3.78. The lowest BCUT2D eigenvalue weighted by Gasteiger charge is -2.32. The van der Waals surface area contributed by atoms with Crippen LogP contribution in [0.1, 0.15) is 12.8 Å². The molecule has 0 aromatic carbocycles. The van der Waals surface area contributed by atoms with E-state index in [1.54, 1.807) is 0 Å². The summed E-state index contributed by atoms with van der Waals surface area (Å²) in [6, 6.07) is 0. The maximum Gasteiger partial charge on any atom is 0.0533 e. The summed E-state index contributed by atoms with van der Waals surface area (Å²) in [5, 5.41) is 0. The van der Waals surface area contributed by atoms with Crippen LogP contribution in [-0.4, -0.2) is 38.6 Å². The van der Waals surface area contributed by atoms with Crippen molar-refractivity contribution in [2.75, 3.05) is 33.7 Å². The highest BCUT2D eigenvalue weighted by molar-refractivity contribution is 4.64. The Hall–Kier alpha value is -0.0800. The highest BCUT2D eigenvalue weighted by Gasteiger charge is 2.16. The first-order chi connectivity index (χ1) is 5.18. The van der Waals surface area contributed by atoms with Gasteiger partial charge in [-0.2, -0.15) is 7.05 Å². The van der Waals surface area contributed by atoms with Crippen LogP contribution in [0.25, 0.3) is 0 Å². The van der Waals surface area contributed by atoms with Gasteiger partial charge in [0.1, 0.15) is 0 Å². The van der Waals surface area contributed by atoms with Gasteiger partial charge in [0.15, 0.2) is 0 Å². The Morgan fingerprint density at radius 1 is 1.36 bits per heavy atom. The van der Waals surface area contributed by atoms with E-state index in [0.29, 0.717) is 0 Å². The Kier molecular flexibility index (Phi) is 3.34. The molecular weight excluding hydrogens is 136 g/mol. The highest BCUT2D eigenvalue weighted by atomic mass is 15.1. The van der Waals surface area contributed by atoms with Gasteiger partial charge in [0, 0.05) is 6.54 Å². The smallest absolute Gasteiger partial charge is 0.0533 e. The van der Waals surface area contributed by atoms with Crippen LogP contribution in [-0.2, 0) is 0 Å². The van der Waals surface area contributed by atoms with Gasteiger partial charge >= 0.3 is 0 Å². The topological polar surface area (TPSA) is 7.68 Å². The van der Waals surface area contributed by atoms with E-state index >= 15 is 0 Å². The van der Waals surface area contributed by atoms with Crippen LogP contribution in [0.3, 0.4) is 0 Å². The molecule has 0 bridgehead atoms. The Morgan fingerprint density at radius 2 is 1.91 bits per heavy atom. The first-order valence-corrected chi connectivity index (χ1v) is 4.50. The number of nitrogens with zero attached hydrogens (tertiary/aromatic N) is 1. The first kappa shape index (κ1) is 9.01. The quantitative estimate of drug-likeness (QED) is 0.536. The van der Waals surface area contributed by atoms with Crippen molar-refractivity contribution < 1.29 is 4.90 Å². The molecule has 0 aliphatic carbocycles. The van der Waals surface area contributed by atoms with Gasteiger partial charge in [0.05, 0.1) is 13.1 Å². The summed E-state index contributed by atoms with van der Waals surface area (Å²) in [5.74, 6) is 0.926. The fourth-order valence-corrected chi connectivity index (χ4v) is 1.78. The van der Waals surface area contributed by atoms with E-state index in [-0.39, 0.29) is 0 Å². The van der Waals surface area contributed by atoms with Gasteiger partial charge < -0.3 is 9.80 Å². The Bertz CT molecular complexity index is 104. The minimum Gasteiger partial charge on any atom is -0.468 e. The molecule has 0 aromatic heterocycles. The van der Waals surface area contributed by atoms with E-state index in [1.165, 1.54) is 37.4 Å². The maximum atomic E-state index is 4.01. The molecule has 0 spiro atoms. The fourth-order valence-electron chi connectivity index (χ4n) is 1.78. The van der Waals surface area contributed by atoms with E-state index in [9.17, 15) is 0 Å². The summed E-state index contributed by atoms with van der Waals surface area (Å²) in [7, 11) is 8.33. The average Bonchev–Trinajstić information content (AvgIpc) is 1.93. The molecule has 1 rings (SSSR count). The van der Waals surface area contributed by atoms with Gasteiger partial charge in [-0.05, 0) is 32.9 Å². The third-order valence-corrected chi connectivity index (χ3v) is 2.44. The lowest BCUT2D eigenvalue weighted by molar-refractivity contribution is -0.860. The van der Waals surface area contributed by atoms with E-state index < -0.39 is 0 Å². The number of quaternary nitrogens is 1. The molecule has 1 aliphatic heterocycles. The predicted molar refractivity (Wildman–Crippen MR) is 47.3 cm³/mol. The van der Waals surface area contributed by atoms with Crippen LogP contribution in [0.2, 0.25) is 0 Å². The maximum absolute atomic E-state index is 4.01. The van der Waals surface area contributed by atoms with Gasteiger partial charge in [-0.3, -0.25) is 0 Å². The van der Waals surface area contributed by atoms with Crippen LogP contribution >= 0.6 is 0 Å². The zero-order valence-electron chi connectivity index (χ0n) is 7.77. The SMILES string of the molecule is [CH2-][NH+]1CCC(CN(C)C)CC1. The number of hydrogen-bond donors (Lipinski definition) is 1. The normalized spacial score (nSPS) is 32.7. The minimum atomic E-state index is 0.926. The summed E-state index contributed by atoms with van der Waals surface area (Å²) in [5.41, 5.74) is 0. The van der Waals surface area contributed by atoms with Crippen molar-refractivity contribution in [3.05, 3.63) is 7.05 Å². The first-order valence-electron chi connectivity index (χ1n) is 4.50. The molecule has 0 unspecified atom stereocenters. The number of rotatable bonds is 2. The molecule has 11 heavy (non-hydrogen) atoms. The van der Waals surface area contributed by atoms with E-state index in [4.69, 9.17) is 0 Å². The van der Waals surface area contributed by atoms with Crippen LogP contribution < -0.4 is 4.90 Å². The second-order valence-corrected chi connectivity index (χ2v) is 3.96. The molecule has 1 fully saturated rings. The van der Waals surface area contributed by atoms with Gasteiger partial charge in [0.25, 0.3) is 0 Å². The lowest BCUT2D eigenvalue weighted by atomic mass is 9.97. The average molecular weight is 156 g/mol. The fraction of sp³-hybridized carbons (Fsp3) is 0.889. The van der Waals surface area contributed by atoms with Gasteiger partial charge in [-0.15, -0.1) is 0 Å². The molecule has 0 saturated carbocycles. The Labute approximate surface area is 70.2 Å². The minimum absolute atomic E-state index is 0.926. The Morgan fingerprint density at radius 3 is 2.36 bits per heavy atom. The number of nitrogens with one attached hydrogen (secondary N) is 1. The van der Waals surface area contributed by atoms with Crippen molar-refractivity contribution in [1.82, 2.24) is 4.90 Å². The largest absolute Gasteiger partial charge is 0.468 e. The molecule has 2 nitrogen and oxygen atoms in total. The summed E-state index contributed by atoms with van der Waals surface area (Å²) in [4.78, 5) is 3.75. The Balaban J connectivity index is 2.17. The monoisotopic (exact) mass is 156 g/mol. The molecule has 0 aromatic rings. The summed E-state index contributed by atoms with van der Waals surface area (Å²) < 4.78 is 0. The number of piperidine rings is 1. The van der Waals surface area contributed by atoms with Gasteiger partial charge in [0.2, 0.25) is 0 Å². The van der Waals surface area contributed by atoms with Crippen LogP contribution in [0.15, 0.2) is 0 Å². The van der Waals surface area contributed by atoms with Crippen molar-refractivity contribution in [1.29, 1.82) is 0 Å². The third-order valence-electron chi connectivity index (χ3n) is 2.44. The predicted octanol–water partition coefficient (Wildman–Crippen LogP) is -0.366. The van der Waals surface area contributed by atoms with E-state index in [0.717, 1.165) is 5.92 Å². The van der Waals surface area contributed by atoms with Crippen molar-refractivity contribution in [2.45, 2.75) is 12.8 Å². The zero-order valence-corrected chi connectivity index (χ0v) is 7.77. The second-order valence-electron chi connectivity index (χ2n) is 3.96. The van der Waals surface area contributed by atoms with Crippen LogP contribution in [0, 0.1) is 13.0 Å². The third kappa shape index (κ3) is 3.21. The lowest BCUT2D eigenvalue weighted by Crippen LogP contribution is -3.08. The molecule has 1 heterocycles. The molecule has 1 saturated heterocycles. The number of likely N-dealkylation sites (tertiary alicyclic amines) is 1. The van der Waals surface area contributed by atoms with Crippen molar-refractivity contribution in [3.63, 3.8) is 0 Å². The van der Waals surface area contributed by atoms with Crippen molar-refractivity contribution in [3.8, 4) is 0 Å². The molecular formula is C9H20N2. The zero-order chi connectivity index (χ0) is 8.27. The van der Waals surface area contributed by atoms with Gasteiger partial charge in [-0.25, -0.2) is 0 Å². The molecule has 0 atom stereocenters. The standard InChI is InChI=1S/C9H20N2/c1-10(2)8-9-4-6-11(3)7-5-9/h9,11H,3-8H2,1-2H3. The van der Waals surface area contributed by atoms with Crippen LogP contribution in [0.4, 0.5) is 0 Å². The summed E-state index contributed by atoms with van der Waals surface area (Å²) in [6.07, 6.45) is 2.72. The molecule has 1 N–H and O–H groups in total. The van der Waals surface area contributed by atoms with E-state index in [1.807, 2.05) is 0 Å². The van der Waals surface area contributed by atoms with Crippen LogP contribution in [0.5, 0.6) is 0 Å². The highest BCUT2D eigenvalue weighted by Crippen LogP contribution is 2.09. The second kappa shape index (κ2) is 4.07. The number of hydrogen-bond acceptors (Lipinski definition) is 1. The molecule has 1 aliphatic rings. The van der Waals surface area contributed by atoms with Gasteiger partial charge in [-0.1, -0.05) is 0 Å². The molecule has 2 heteroatoms. The molecule has 0 amide bonds. The van der Waals surface area contributed by atoms with Crippen molar-refractivity contribution >= 4 is 0 Å².